The number of aromatic nitrogens is 2. The van der Waals surface area contributed by atoms with Crippen molar-refractivity contribution in [3.8, 4) is 11.4 Å². The van der Waals surface area contributed by atoms with E-state index in [9.17, 15) is 9.59 Å². The van der Waals surface area contributed by atoms with E-state index in [2.05, 4.69) is 20.4 Å². The Bertz CT molecular complexity index is 1070. The lowest BCUT2D eigenvalue weighted by atomic mass is 9.97. The van der Waals surface area contributed by atoms with E-state index in [-0.39, 0.29) is 18.4 Å². The van der Waals surface area contributed by atoms with E-state index in [1.807, 2.05) is 30.3 Å². The molecule has 1 fully saturated rings. The average molecular weight is 434 g/mol. The predicted molar refractivity (Wildman–Crippen MR) is 119 cm³/mol. The Morgan fingerprint density at radius 1 is 1.16 bits per heavy atom. The molecule has 1 saturated heterocycles. The van der Waals surface area contributed by atoms with Crippen molar-refractivity contribution in [2.45, 2.75) is 26.3 Å². The van der Waals surface area contributed by atoms with Crippen molar-refractivity contribution in [1.29, 1.82) is 0 Å². The molecule has 0 radical (unpaired) electrons. The van der Waals surface area contributed by atoms with E-state index in [4.69, 9.17) is 9.26 Å². The van der Waals surface area contributed by atoms with Crippen molar-refractivity contribution in [1.82, 2.24) is 15.0 Å². The van der Waals surface area contributed by atoms with Gasteiger partial charge in [0.1, 0.15) is 0 Å². The van der Waals surface area contributed by atoms with E-state index in [0.29, 0.717) is 36.1 Å². The highest BCUT2D eigenvalue weighted by Crippen LogP contribution is 2.23. The second-order valence-corrected chi connectivity index (χ2v) is 7.71. The molecule has 1 aliphatic rings. The topological polar surface area (TPSA) is 97.6 Å². The van der Waals surface area contributed by atoms with Gasteiger partial charge in [0, 0.05) is 12.1 Å². The smallest absolute Gasteiger partial charge is 0.340 e. The maximum atomic E-state index is 12.9. The van der Waals surface area contributed by atoms with Crippen molar-refractivity contribution in [2.75, 3.05) is 25.0 Å². The molecule has 0 spiro atoms. The van der Waals surface area contributed by atoms with Crippen LogP contribution in [0.25, 0.3) is 11.4 Å². The molecular formula is C24H26N4O4. The third-order valence-electron chi connectivity index (χ3n) is 5.42. The van der Waals surface area contributed by atoms with Crippen molar-refractivity contribution in [2.24, 2.45) is 5.92 Å². The summed E-state index contributed by atoms with van der Waals surface area (Å²) < 4.78 is 10.5. The van der Waals surface area contributed by atoms with Crippen LogP contribution >= 0.6 is 0 Å². The standard InChI is InChI=1S/C24H26N4O4/c1-2-31-24(30)19-12-6-7-13-20(19)25-23(29)18-11-8-14-28(15-18)16-21-26-22(27-32-21)17-9-4-3-5-10-17/h3-7,9-10,12-13,18H,2,8,11,14-16H2,1H3,(H,25,29). The van der Waals surface area contributed by atoms with Crippen LogP contribution in [0, 0.1) is 5.92 Å². The van der Waals surface area contributed by atoms with Gasteiger partial charge in [-0.15, -0.1) is 0 Å². The minimum atomic E-state index is -0.445. The number of esters is 1. The number of para-hydroxylation sites is 1. The molecule has 1 aliphatic heterocycles. The summed E-state index contributed by atoms with van der Waals surface area (Å²) in [5.41, 5.74) is 1.73. The molecule has 1 amide bonds. The number of rotatable bonds is 7. The van der Waals surface area contributed by atoms with Crippen LogP contribution in [-0.4, -0.2) is 46.6 Å². The Kier molecular flexibility index (Phi) is 6.91. The van der Waals surface area contributed by atoms with Gasteiger partial charge >= 0.3 is 5.97 Å². The number of anilines is 1. The Morgan fingerprint density at radius 3 is 2.75 bits per heavy atom. The zero-order valence-corrected chi connectivity index (χ0v) is 18.0. The number of nitrogens with zero attached hydrogens (tertiary/aromatic N) is 3. The summed E-state index contributed by atoms with van der Waals surface area (Å²) in [4.78, 5) is 31.8. The van der Waals surface area contributed by atoms with E-state index < -0.39 is 5.97 Å². The van der Waals surface area contributed by atoms with Gasteiger partial charge in [0.2, 0.25) is 17.6 Å². The second kappa shape index (κ2) is 10.2. The lowest BCUT2D eigenvalue weighted by Gasteiger charge is -2.31. The van der Waals surface area contributed by atoms with Crippen LogP contribution in [0.4, 0.5) is 5.69 Å². The molecule has 8 heteroatoms. The number of carbonyl (C=O) groups excluding carboxylic acids is 2. The summed E-state index contributed by atoms with van der Waals surface area (Å²) in [6.45, 7) is 3.95. The molecule has 0 bridgehead atoms. The van der Waals surface area contributed by atoms with Gasteiger partial charge in [-0.05, 0) is 38.4 Å². The minimum Gasteiger partial charge on any atom is -0.462 e. The molecule has 3 aromatic rings. The highest BCUT2D eigenvalue weighted by Gasteiger charge is 2.28. The van der Waals surface area contributed by atoms with Crippen molar-refractivity contribution in [3.63, 3.8) is 0 Å². The van der Waals surface area contributed by atoms with E-state index in [1.165, 1.54) is 0 Å². The Labute approximate surface area is 186 Å². The predicted octanol–water partition coefficient (Wildman–Crippen LogP) is 3.76. The summed E-state index contributed by atoms with van der Waals surface area (Å²) in [6.07, 6.45) is 1.67. The number of piperidine rings is 1. The molecule has 0 aliphatic carbocycles. The highest BCUT2D eigenvalue weighted by molar-refractivity contribution is 6.01. The fourth-order valence-electron chi connectivity index (χ4n) is 3.84. The molecule has 0 saturated carbocycles. The van der Waals surface area contributed by atoms with Crippen LogP contribution in [0.15, 0.2) is 59.1 Å². The Balaban J connectivity index is 1.38. The molecule has 166 valence electrons. The molecule has 1 N–H and O–H groups in total. The van der Waals surface area contributed by atoms with Gasteiger partial charge in [0.05, 0.1) is 30.3 Å². The number of hydrogen-bond acceptors (Lipinski definition) is 7. The molecule has 2 aromatic carbocycles. The van der Waals surface area contributed by atoms with Gasteiger partial charge in [-0.1, -0.05) is 47.6 Å². The first-order chi connectivity index (χ1) is 15.6. The minimum absolute atomic E-state index is 0.109. The lowest BCUT2D eigenvalue weighted by molar-refractivity contribution is -0.121. The lowest BCUT2D eigenvalue weighted by Crippen LogP contribution is -2.40. The second-order valence-electron chi connectivity index (χ2n) is 7.71. The molecule has 1 atom stereocenters. The van der Waals surface area contributed by atoms with Crippen LogP contribution in [0.5, 0.6) is 0 Å². The maximum absolute atomic E-state index is 12.9. The molecule has 4 rings (SSSR count). The molecular weight excluding hydrogens is 408 g/mol. The zero-order valence-electron chi connectivity index (χ0n) is 18.0. The summed E-state index contributed by atoms with van der Waals surface area (Å²) in [5.74, 6) is 0.330. The summed E-state index contributed by atoms with van der Waals surface area (Å²) in [5, 5.41) is 6.98. The molecule has 1 aromatic heterocycles. The zero-order chi connectivity index (χ0) is 22.3. The fourth-order valence-corrected chi connectivity index (χ4v) is 3.84. The van der Waals surface area contributed by atoms with Gasteiger partial charge in [0.15, 0.2) is 0 Å². The third kappa shape index (κ3) is 5.20. The first-order valence-electron chi connectivity index (χ1n) is 10.8. The van der Waals surface area contributed by atoms with Crippen molar-refractivity contribution < 1.29 is 18.8 Å². The van der Waals surface area contributed by atoms with Crippen molar-refractivity contribution in [3.05, 3.63) is 66.1 Å². The number of carbonyl (C=O) groups is 2. The van der Waals surface area contributed by atoms with E-state index in [0.717, 1.165) is 24.9 Å². The fraction of sp³-hybridized carbons (Fsp3) is 0.333. The number of ether oxygens (including phenoxy) is 1. The maximum Gasteiger partial charge on any atom is 0.340 e. The largest absolute Gasteiger partial charge is 0.462 e. The van der Waals surface area contributed by atoms with Gasteiger partial charge < -0.3 is 14.6 Å². The van der Waals surface area contributed by atoms with E-state index >= 15 is 0 Å². The van der Waals surface area contributed by atoms with Gasteiger partial charge in [0.25, 0.3) is 0 Å². The summed E-state index contributed by atoms with van der Waals surface area (Å²) >= 11 is 0. The van der Waals surface area contributed by atoms with Gasteiger partial charge in [-0.3, -0.25) is 9.69 Å². The van der Waals surface area contributed by atoms with Crippen molar-refractivity contribution >= 4 is 17.6 Å². The SMILES string of the molecule is CCOC(=O)c1ccccc1NC(=O)C1CCCN(Cc2nc(-c3ccccc3)no2)C1. The average Bonchev–Trinajstić information content (AvgIpc) is 3.29. The quantitative estimate of drug-likeness (QED) is 0.565. The molecule has 8 nitrogen and oxygen atoms in total. The number of amides is 1. The van der Waals surface area contributed by atoms with Crippen LogP contribution < -0.4 is 5.32 Å². The number of likely N-dealkylation sites (tertiary alicyclic amines) is 1. The van der Waals surface area contributed by atoms with Crippen LogP contribution in [0.3, 0.4) is 0 Å². The monoisotopic (exact) mass is 434 g/mol. The molecule has 2 heterocycles. The number of benzene rings is 2. The Hall–Kier alpha value is -3.52. The summed E-state index contributed by atoms with van der Waals surface area (Å²) in [7, 11) is 0. The van der Waals surface area contributed by atoms with E-state index in [1.54, 1.807) is 31.2 Å². The summed E-state index contributed by atoms with van der Waals surface area (Å²) in [6, 6.07) is 16.6. The normalized spacial score (nSPS) is 16.5. The van der Waals surface area contributed by atoms with Crippen LogP contribution in [0.2, 0.25) is 0 Å². The van der Waals surface area contributed by atoms with Gasteiger partial charge in [-0.2, -0.15) is 4.98 Å². The third-order valence-corrected chi connectivity index (χ3v) is 5.42. The number of nitrogens with one attached hydrogen (secondary N) is 1. The first kappa shape index (κ1) is 21.7. The molecule has 32 heavy (non-hydrogen) atoms. The first-order valence-corrected chi connectivity index (χ1v) is 10.8. The van der Waals surface area contributed by atoms with Crippen LogP contribution in [0.1, 0.15) is 36.0 Å². The van der Waals surface area contributed by atoms with Gasteiger partial charge in [-0.25, -0.2) is 4.79 Å². The number of hydrogen-bond donors (Lipinski definition) is 1. The Morgan fingerprint density at radius 2 is 1.94 bits per heavy atom. The highest BCUT2D eigenvalue weighted by atomic mass is 16.5. The molecule has 1 unspecified atom stereocenters. The van der Waals surface area contributed by atoms with Crippen LogP contribution in [-0.2, 0) is 16.1 Å².